The summed E-state index contributed by atoms with van der Waals surface area (Å²) < 4.78 is 27.9. The van der Waals surface area contributed by atoms with E-state index < -0.39 is 15.8 Å². The van der Waals surface area contributed by atoms with Gasteiger partial charge in [0.25, 0.3) is 0 Å². The summed E-state index contributed by atoms with van der Waals surface area (Å²) in [5, 5.41) is 6.89. The zero-order valence-corrected chi connectivity index (χ0v) is 18.0. The fourth-order valence-electron chi connectivity index (χ4n) is 2.55. The SMILES string of the molecule is CC[C@@H](NC(=S)Nc1cc(C(=O)OC)ccc1Cl)c1ccc(S(C)(=O)=O)cc1. The third-order valence-corrected chi connectivity index (χ3v) is 5.74. The van der Waals surface area contributed by atoms with Crippen molar-refractivity contribution in [3.8, 4) is 0 Å². The summed E-state index contributed by atoms with van der Waals surface area (Å²) in [5.41, 5.74) is 1.72. The van der Waals surface area contributed by atoms with E-state index in [0.29, 0.717) is 21.4 Å². The van der Waals surface area contributed by atoms with Crippen molar-refractivity contribution in [1.29, 1.82) is 0 Å². The van der Waals surface area contributed by atoms with Crippen LogP contribution in [0, 0.1) is 0 Å². The van der Waals surface area contributed by atoms with Crippen molar-refractivity contribution in [3.63, 3.8) is 0 Å². The number of hydrogen-bond acceptors (Lipinski definition) is 5. The Balaban J connectivity index is 2.13. The lowest BCUT2D eigenvalue weighted by Gasteiger charge is -2.21. The molecule has 2 rings (SSSR count). The highest BCUT2D eigenvalue weighted by Gasteiger charge is 2.15. The molecule has 0 spiro atoms. The number of halogens is 1. The first kappa shape index (κ1) is 22.1. The van der Waals surface area contributed by atoms with Gasteiger partial charge in [-0.25, -0.2) is 13.2 Å². The predicted molar refractivity (Wildman–Crippen MR) is 115 cm³/mol. The fraction of sp³-hybridized carbons (Fsp3) is 0.263. The van der Waals surface area contributed by atoms with Crippen LogP contribution in [-0.4, -0.2) is 32.9 Å². The van der Waals surface area contributed by atoms with E-state index in [9.17, 15) is 13.2 Å². The number of carbonyl (C=O) groups is 1. The van der Waals surface area contributed by atoms with Crippen LogP contribution >= 0.6 is 23.8 Å². The van der Waals surface area contributed by atoms with E-state index in [2.05, 4.69) is 10.6 Å². The van der Waals surface area contributed by atoms with Crippen molar-refractivity contribution in [3.05, 3.63) is 58.6 Å². The number of anilines is 1. The Hall–Kier alpha value is -2.16. The van der Waals surface area contributed by atoms with Gasteiger partial charge in [0, 0.05) is 6.26 Å². The molecule has 0 aliphatic carbocycles. The van der Waals surface area contributed by atoms with E-state index in [1.807, 2.05) is 6.92 Å². The Kier molecular flexibility index (Phi) is 7.40. The molecule has 150 valence electrons. The maximum atomic E-state index is 11.7. The number of esters is 1. The second kappa shape index (κ2) is 9.36. The number of benzene rings is 2. The fourth-order valence-corrected chi connectivity index (χ4v) is 3.60. The van der Waals surface area contributed by atoms with Gasteiger partial charge in [-0.1, -0.05) is 30.7 Å². The lowest BCUT2D eigenvalue weighted by Crippen LogP contribution is -2.32. The van der Waals surface area contributed by atoms with Crippen LogP contribution in [0.15, 0.2) is 47.4 Å². The zero-order chi connectivity index (χ0) is 20.9. The highest BCUT2D eigenvalue weighted by molar-refractivity contribution is 7.90. The predicted octanol–water partition coefficient (Wildman–Crippen LogP) is 3.97. The lowest BCUT2D eigenvalue weighted by molar-refractivity contribution is 0.0601. The van der Waals surface area contributed by atoms with Gasteiger partial charge in [0.05, 0.1) is 34.3 Å². The molecule has 9 heteroatoms. The van der Waals surface area contributed by atoms with E-state index in [-0.39, 0.29) is 10.9 Å². The standard InChI is InChI=1S/C19H21ClN2O4S2/c1-4-16(12-5-8-14(9-6-12)28(3,24)25)21-19(27)22-17-11-13(18(23)26-2)7-10-15(17)20/h5-11,16H,4H2,1-3H3,(H2,21,22,27)/t16-/m1/s1. The van der Waals surface area contributed by atoms with Crippen LogP contribution in [0.2, 0.25) is 5.02 Å². The van der Waals surface area contributed by atoms with Crippen LogP contribution in [0.25, 0.3) is 0 Å². The smallest absolute Gasteiger partial charge is 0.337 e. The first-order valence-corrected chi connectivity index (χ1v) is 11.1. The number of nitrogens with one attached hydrogen (secondary N) is 2. The van der Waals surface area contributed by atoms with Crippen LogP contribution < -0.4 is 10.6 Å². The second-order valence-electron chi connectivity index (χ2n) is 6.09. The average Bonchev–Trinajstić information content (AvgIpc) is 2.66. The summed E-state index contributed by atoms with van der Waals surface area (Å²) in [5.74, 6) is -0.476. The Morgan fingerprint density at radius 1 is 1.21 bits per heavy atom. The highest BCUT2D eigenvalue weighted by atomic mass is 35.5. The molecule has 0 bridgehead atoms. The number of carbonyl (C=O) groups excluding carboxylic acids is 1. The molecule has 2 aromatic carbocycles. The van der Waals surface area contributed by atoms with Gasteiger partial charge in [0.1, 0.15) is 0 Å². The molecule has 2 N–H and O–H groups in total. The van der Waals surface area contributed by atoms with Gasteiger partial charge in [-0.3, -0.25) is 0 Å². The summed E-state index contributed by atoms with van der Waals surface area (Å²) in [6.07, 6.45) is 1.89. The van der Waals surface area contributed by atoms with Crippen molar-refractivity contribution in [2.24, 2.45) is 0 Å². The van der Waals surface area contributed by atoms with Gasteiger partial charge in [0.15, 0.2) is 14.9 Å². The van der Waals surface area contributed by atoms with Crippen LogP contribution in [0.4, 0.5) is 5.69 Å². The second-order valence-corrected chi connectivity index (χ2v) is 8.92. The largest absolute Gasteiger partial charge is 0.465 e. The van der Waals surface area contributed by atoms with Crippen LogP contribution in [0.1, 0.15) is 35.3 Å². The Morgan fingerprint density at radius 3 is 2.39 bits per heavy atom. The molecular formula is C19H21ClN2O4S2. The van der Waals surface area contributed by atoms with E-state index in [1.165, 1.54) is 13.4 Å². The minimum Gasteiger partial charge on any atom is -0.465 e. The average molecular weight is 441 g/mol. The number of hydrogen-bond donors (Lipinski definition) is 2. The Morgan fingerprint density at radius 2 is 1.86 bits per heavy atom. The van der Waals surface area contributed by atoms with Crippen molar-refractivity contribution in [2.45, 2.75) is 24.3 Å². The third kappa shape index (κ3) is 5.67. The molecule has 0 unspecified atom stereocenters. The molecule has 0 fully saturated rings. The molecular weight excluding hydrogens is 420 g/mol. The first-order chi connectivity index (χ1) is 13.2. The molecule has 0 saturated carbocycles. The van der Waals surface area contributed by atoms with Crippen molar-refractivity contribution in [2.75, 3.05) is 18.7 Å². The summed E-state index contributed by atoms with van der Waals surface area (Å²) in [6, 6.07) is 11.2. The van der Waals surface area contributed by atoms with Gasteiger partial charge in [-0.15, -0.1) is 0 Å². The normalized spacial score (nSPS) is 12.1. The van der Waals surface area contributed by atoms with Crippen molar-refractivity contribution < 1.29 is 17.9 Å². The highest BCUT2D eigenvalue weighted by Crippen LogP contribution is 2.24. The maximum Gasteiger partial charge on any atom is 0.337 e. The number of thiocarbonyl (C=S) groups is 1. The minimum absolute atomic E-state index is 0.129. The van der Waals surface area contributed by atoms with Gasteiger partial charge in [0.2, 0.25) is 0 Å². The van der Waals surface area contributed by atoms with E-state index in [4.69, 9.17) is 28.6 Å². The van der Waals surface area contributed by atoms with E-state index >= 15 is 0 Å². The number of ether oxygens (including phenoxy) is 1. The summed E-state index contributed by atoms with van der Waals surface area (Å²) in [4.78, 5) is 11.9. The minimum atomic E-state index is -3.24. The van der Waals surface area contributed by atoms with Crippen LogP contribution in [0.3, 0.4) is 0 Å². The van der Waals surface area contributed by atoms with E-state index in [1.54, 1.807) is 42.5 Å². The van der Waals surface area contributed by atoms with Crippen molar-refractivity contribution >= 4 is 50.4 Å². The molecule has 28 heavy (non-hydrogen) atoms. The number of rotatable bonds is 6. The molecule has 2 aromatic rings. The Bertz CT molecular complexity index is 976. The summed E-state index contributed by atoms with van der Waals surface area (Å²) >= 11 is 11.5. The molecule has 0 aromatic heterocycles. The molecule has 0 saturated heterocycles. The summed E-state index contributed by atoms with van der Waals surface area (Å²) in [6.45, 7) is 1.98. The van der Waals surface area contributed by atoms with Crippen LogP contribution in [0.5, 0.6) is 0 Å². The first-order valence-electron chi connectivity index (χ1n) is 8.41. The molecule has 0 aliphatic rings. The molecule has 1 atom stereocenters. The topological polar surface area (TPSA) is 84.5 Å². The summed E-state index contributed by atoms with van der Waals surface area (Å²) in [7, 11) is -1.94. The van der Waals surface area contributed by atoms with Gasteiger partial charge in [-0.2, -0.15) is 0 Å². The third-order valence-electron chi connectivity index (χ3n) is 4.06. The molecule has 0 heterocycles. The molecule has 0 radical (unpaired) electrons. The van der Waals surface area contributed by atoms with Crippen molar-refractivity contribution in [1.82, 2.24) is 5.32 Å². The van der Waals surface area contributed by atoms with Gasteiger partial charge in [-0.05, 0) is 54.5 Å². The number of methoxy groups -OCH3 is 1. The lowest BCUT2D eigenvalue weighted by atomic mass is 10.1. The molecule has 0 aliphatic heterocycles. The van der Waals surface area contributed by atoms with Gasteiger partial charge >= 0.3 is 5.97 Å². The monoisotopic (exact) mass is 440 g/mol. The molecule has 0 amide bonds. The maximum absolute atomic E-state index is 11.7. The Labute approximate surface area is 175 Å². The zero-order valence-electron chi connectivity index (χ0n) is 15.7. The quantitative estimate of drug-likeness (QED) is 0.519. The van der Waals surface area contributed by atoms with Crippen LogP contribution in [-0.2, 0) is 14.6 Å². The van der Waals surface area contributed by atoms with E-state index in [0.717, 1.165) is 12.0 Å². The molecule has 6 nitrogen and oxygen atoms in total. The van der Waals surface area contributed by atoms with Gasteiger partial charge < -0.3 is 15.4 Å². The number of sulfone groups is 1.